The molecular formula is C12H16N2O. The molecule has 0 bridgehead atoms. The van der Waals surface area contributed by atoms with Crippen molar-refractivity contribution in [3.63, 3.8) is 0 Å². The maximum atomic E-state index is 8.80. The number of nitrogens with zero attached hydrogens (tertiary/aromatic N) is 1. The smallest absolute Gasteiger partial charge is 0.0994 e. The Morgan fingerprint density at radius 1 is 1.40 bits per heavy atom. The monoisotopic (exact) mass is 204 g/mol. The lowest BCUT2D eigenvalue weighted by Crippen LogP contribution is -2.11. The molecule has 15 heavy (non-hydrogen) atoms. The van der Waals surface area contributed by atoms with Crippen molar-refractivity contribution in [1.29, 1.82) is 5.26 Å². The van der Waals surface area contributed by atoms with E-state index >= 15 is 0 Å². The zero-order valence-corrected chi connectivity index (χ0v) is 9.21. The lowest BCUT2D eigenvalue weighted by Gasteiger charge is -2.16. The average molecular weight is 204 g/mol. The lowest BCUT2D eigenvalue weighted by molar-refractivity contribution is 0.110. The lowest BCUT2D eigenvalue weighted by atomic mass is 9.98. The normalized spacial score (nSPS) is 13.1. The van der Waals surface area contributed by atoms with Crippen LogP contribution in [0.3, 0.4) is 0 Å². The summed E-state index contributed by atoms with van der Waals surface area (Å²) in [7, 11) is 3.75. The van der Waals surface area contributed by atoms with Gasteiger partial charge >= 0.3 is 0 Å². The molecule has 0 radical (unpaired) electrons. The van der Waals surface area contributed by atoms with E-state index in [1.54, 1.807) is 0 Å². The summed E-state index contributed by atoms with van der Waals surface area (Å²) >= 11 is 0. The van der Waals surface area contributed by atoms with Gasteiger partial charge in [-0.3, -0.25) is 0 Å². The molecule has 1 aromatic rings. The van der Waals surface area contributed by atoms with Gasteiger partial charge in [-0.1, -0.05) is 12.1 Å². The van der Waals surface area contributed by atoms with Crippen LogP contribution < -0.4 is 5.32 Å². The molecular weight excluding hydrogens is 188 g/mol. The van der Waals surface area contributed by atoms with Crippen molar-refractivity contribution in [2.75, 3.05) is 20.7 Å². The second kappa shape index (κ2) is 6.18. The molecule has 0 spiro atoms. The van der Waals surface area contributed by atoms with Crippen LogP contribution in [0, 0.1) is 11.3 Å². The first-order valence-electron chi connectivity index (χ1n) is 5.00. The number of ether oxygens (including phenoxy) is 1. The predicted molar refractivity (Wildman–Crippen MR) is 59.5 cm³/mol. The Bertz CT molecular complexity index is 355. The first-order valence-corrected chi connectivity index (χ1v) is 5.00. The van der Waals surface area contributed by atoms with E-state index in [-0.39, 0.29) is 0 Å². The molecule has 0 fully saturated rings. The second-order valence-corrected chi connectivity index (χ2v) is 3.36. The number of rotatable bonds is 0. The van der Waals surface area contributed by atoms with Gasteiger partial charge in [0.2, 0.25) is 0 Å². The average Bonchev–Trinajstić information content (AvgIpc) is 2.29. The third-order valence-electron chi connectivity index (χ3n) is 2.15. The van der Waals surface area contributed by atoms with Gasteiger partial charge in [-0.2, -0.15) is 5.26 Å². The number of benzene rings is 1. The number of hydrogen-bond acceptors (Lipinski definition) is 3. The Balaban J connectivity index is 0.000000337. The molecule has 0 unspecified atom stereocenters. The molecule has 3 nitrogen and oxygen atoms in total. The van der Waals surface area contributed by atoms with Crippen LogP contribution in [0.2, 0.25) is 0 Å². The predicted octanol–water partition coefficient (Wildman–Crippen LogP) is 1.47. The maximum Gasteiger partial charge on any atom is 0.0994 e. The minimum atomic E-state index is 0.658. The Morgan fingerprint density at radius 2 is 2.13 bits per heavy atom. The molecule has 1 N–H and O–H groups in total. The largest absolute Gasteiger partial charge is 0.376 e. The van der Waals surface area contributed by atoms with Gasteiger partial charge < -0.3 is 10.1 Å². The van der Waals surface area contributed by atoms with E-state index in [4.69, 9.17) is 10.00 Å². The van der Waals surface area contributed by atoms with Gasteiger partial charge in [-0.15, -0.1) is 0 Å². The second-order valence-electron chi connectivity index (χ2n) is 3.36. The summed E-state index contributed by atoms with van der Waals surface area (Å²) in [4.78, 5) is 0. The Hall–Kier alpha value is -1.37. The zero-order valence-electron chi connectivity index (χ0n) is 9.21. The molecule has 80 valence electrons. The minimum Gasteiger partial charge on any atom is -0.376 e. The highest BCUT2D eigenvalue weighted by Gasteiger charge is 2.11. The molecule has 0 atom stereocenters. The van der Waals surface area contributed by atoms with Crippen molar-refractivity contribution in [3.05, 3.63) is 34.9 Å². The van der Waals surface area contributed by atoms with Crippen LogP contribution in [0.15, 0.2) is 18.2 Å². The van der Waals surface area contributed by atoms with Crippen LogP contribution >= 0.6 is 0 Å². The summed E-state index contributed by atoms with van der Waals surface area (Å²) in [5, 5.41) is 11.6. The molecule has 0 aliphatic carbocycles. The van der Waals surface area contributed by atoms with E-state index in [0.29, 0.717) is 6.61 Å². The molecule has 0 saturated carbocycles. The molecule has 0 aromatic heterocycles. The van der Waals surface area contributed by atoms with Gasteiger partial charge in [0, 0.05) is 0 Å². The molecule has 1 heterocycles. The van der Waals surface area contributed by atoms with E-state index in [0.717, 1.165) is 18.6 Å². The topological polar surface area (TPSA) is 45.0 Å². The standard InChI is InChI=1S/C10H9NO.C2H7N/c11-6-8-2-1-3-9-7-12-5-4-10(8)9;1-3-2/h1-3H,4-5,7H2;3H,1-2H3. The van der Waals surface area contributed by atoms with Crippen molar-refractivity contribution in [1.82, 2.24) is 5.32 Å². The van der Waals surface area contributed by atoms with Gasteiger partial charge in [0.15, 0.2) is 0 Å². The highest BCUT2D eigenvalue weighted by Crippen LogP contribution is 2.19. The summed E-state index contributed by atoms with van der Waals surface area (Å²) in [6.45, 7) is 1.40. The van der Waals surface area contributed by atoms with Gasteiger partial charge in [0.25, 0.3) is 0 Å². The molecule has 1 aromatic carbocycles. The SMILES string of the molecule is CNC.N#Cc1cccc2c1CCOC2. The zero-order chi connectivity index (χ0) is 11.1. The first kappa shape index (κ1) is 11.7. The summed E-state index contributed by atoms with van der Waals surface area (Å²) in [6, 6.07) is 8.00. The maximum absolute atomic E-state index is 8.80. The van der Waals surface area contributed by atoms with Crippen molar-refractivity contribution in [2.45, 2.75) is 13.0 Å². The molecule has 1 aliphatic heterocycles. The highest BCUT2D eigenvalue weighted by atomic mass is 16.5. The quantitative estimate of drug-likeness (QED) is 0.696. The fraction of sp³-hybridized carbons (Fsp3) is 0.417. The summed E-state index contributed by atoms with van der Waals surface area (Å²) in [6.07, 6.45) is 0.874. The van der Waals surface area contributed by atoms with Gasteiger partial charge in [-0.25, -0.2) is 0 Å². The Labute approximate surface area is 90.7 Å². The van der Waals surface area contributed by atoms with Crippen LogP contribution in [0.25, 0.3) is 0 Å². The van der Waals surface area contributed by atoms with Crippen LogP contribution in [0.5, 0.6) is 0 Å². The summed E-state index contributed by atoms with van der Waals surface area (Å²) in [5.74, 6) is 0. The van der Waals surface area contributed by atoms with Crippen molar-refractivity contribution in [3.8, 4) is 6.07 Å². The van der Waals surface area contributed by atoms with Crippen molar-refractivity contribution in [2.24, 2.45) is 0 Å². The molecule has 0 amide bonds. The van der Waals surface area contributed by atoms with E-state index in [2.05, 4.69) is 11.4 Å². The fourth-order valence-corrected chi connectivity index (χ4v) is 1.53. The first-order chi connectivity index (χ1) is 7.33. The summed E-state index contributed by atoms with van der Waals surface area (Å²) in [5.41, 5.74) is 3.14. The van der Waals surface area contributed by atoms with E-state index in [1.807, 2.05) is 32.3 Å². The highest BCUT2D eigenvalue weighted by molar-refractivity contribution is 5.43. The number of nitriles is 1. The molecule has 2 rings (SSSR count). The van der Waals surface area contributed by atoms with Crippen LogP contribution in [0.4, 0.5) is 0 Å². The third-order valence-corrected chi connectivity index (χ3v) is 2.15. The number of fused-ring (bicyclic) bond motifs is 1. The molecule has 1 aliphatic rings. The minimum absolute atomic E-state index is 0.658. The van der Waals surface area contributed by atoms with Crippen LogP contribution in [-0.4, -0.2) is 20.7 Å². The van der Waals surface area contributed by atoms with Crippen LogP contribution in [-0.2, 0) is 17.8 Å². The summed E-state index contributed by atoms with van der Waals surface area (Å²) < 4.78 is 5.29. The van der Waals surface area contributed by atoms with Crippen molar-refractivity contribution >= 4 is 0 Å². The Kier molecular flexibility index (Phi) is 4.82. The Morgan fingerprint density at radius 3 is 2.80 bits per heavy atom. The van der Waals surface area contributed by atoms with Crippen LogP contribution in [0.1, 0.15) is 16.7 Å². The van der Waals surface area contributed by atoms with Gasteiger partial charge in [0.05, 0.1) is 24.8 Å². The van der Waals surface area contributed by atoms with E-state index < -0.39 is 0 Å². The van der Waals surface area contributed by atoms with E-state index in [9.17, 15) is 0 Å². The van der Waals surface area contributed by atoms with Crippen molar-refractivity contribution < 1.29 is 4.74 Å². The molecule has 0 saturated heterocycles. The van der Waals surface area contributed by atoms with Gasteiger partial charge in [-0.05, 0) is 37.7 Å². The number of hydrogen-bond donors (Lipinski definition) is 1. The van der Waals surface area contributed by atoms with Gasteiger partial charge in [0.1, 0.15) is 0 Å². The van der Waals surface area contributed by atoms with E-state index in [1.165, 1.54) is 11.1 Å². The fourth-order valence-electron chi connectivity index (χ4n) is 1.53. The number of nitrogens with one attached hydrogen (secondary N) is 1. The third kappa shape index (κ3) is 3.05. The molecule has 3 heteroatoms.